The molecule has 2 aromatic carbocycles. The standard InChI is InChI=1S/C27H20BrNO9/c28-25(36)11-4-1-3-10(7-11)8-13-12-5-2-6-15(30)17(12)22(33)20-18(13)21(32)14-9-16(31)19(26(29)37)23(34)27(14,38)24(20)35/h1-8,14,18-21,30,32,38H,9H2,(H2,29,37)/t14-,18-,19?,20?,21-,27-/m1/s1. The molecule has 0 aromatic heterocycles. The maximum absolute atomic E-state index is 13.8. The summed E-state index contributed by atoms with van der Waals surface area (Å²) in [5.41, 5.74) is 3.11. The number of phenols is 1. The van der Waals surface area contributed by atoms with E-state index in [2.05, 4.69) is 15.9 Å². The fourth-order valence-corrected chi connectivity index (χ4v) is 6.21. The second kappa shape index (κ2) is 8.90. The summed E-state index contributed by atoms with van der Waals surface area (Å²) in [5, 5.41) is 33.4. The Hall–Kier alpha value is -3.80. The van der Waals surface area contributed by atoms with Crippen molar-refractivity contribution in [3.05, 3.63) is 64.7 Å². The molecule has 0 heterocycles. The van der Waals surface area contributed by atoms with Gasteiger partial charge in [0, 0.05) is 23.8 Å². The van der Waals surface area contributed by atoms with Gasteiger partial charge in [0.15, 0.2) is 34.7 Å². The van der Waals surface area contributed by atoms with Crippen molar-refractivity contribution < 1.29 is 44.1 Å². The minimum absolute atomic E-state index is 0.201. The Morgan fingerprint density at radius 1 is 1.05 bits per heavy atom. The van der Waals surface area contributed by atoms with Gasteiger partial charge in [0.05, 0.1) is 17.6 Å². The number of ketones is 4. The van der Waals surface area contributed by atoms with E-state index in [1.807, 2.05) is 0 Å². The van der Waals surface area contributed by atoms with E-state index in [1.165, 1.54) is 30.3 Å². The van der Waals surface area contributed by atoms with Crippen LogP contribution in [0, 0.1) is 23.7 Å². The second-order valence-corrected chi connectivity index (χ2v) is 10.4. The number of nitrogens with two attached hydrogens (primary N) is 1. The van der Waals surface area contributed by atoms with Gasteiger partial charge in [0.1, 0.15) is 5.75 Å². The van der Waals surface area contributed by atoms with Gasteiger partial charge < -0.3 is 21.1 Å². The predicted octanol–water partition coefficient (Wildman–Crippen LogP) is 0.831. The largest absolute Gasteiger partial charge is 0.507 e. The van der Waals surface area contributed by atoms with E-state index in [0.717, 1.165) is 0 Å². The van der Waals surface area contributed by atoms with Gasteiger partial charge in [-0.25, -0.2) is 0 Å². The summed E-state index contributed by atoms with van der Waals surface area (Å²) >= 11 is 2.88. The molecular formula is C27H20BrNO9. The van der Waals surface area contributed by atoms with Crippen molar-refractivity contribution in [1.29, 1.82) is 0 Å². The maximum Gasteiger partial charge on any atom is 0.235 e. The molecule has 5 N–H and O–H groups in total. The highest BCUT2D eigenvalue weighted by Gasteiger charge is 2.69. The number of rotatable bonds is 3. The number of aliphatic hydroxyl groups excluding tert-OH is 1. The summed E-state index contributed by atoms with van der Waals surface area (Å²) in [6.07, 6.45) is -0.925. The summed E-state index contributed by atoms with van der Waals surface area (Å²) < 4.78 is -0.395. The molecule has 10 nitrogen and oxygen atoms in total. The van der Waals surface area contributed by atoms with E-state index in [-0.39, 0.29) is 16.7 Å². The van der Waals surface area contributed by atoms with Crippen molar-refractivity contribution in [3.63, 3.8) is 0 Å². The molecule has 0 bridgehead atoms. The fourth-order valence-electron chi connectivity index (χ4n) is 5.96. The zero-order chi connectivity index (χ0) is 27.7. The van der Waals surface area contributed by atoms with Crippen LogP contribution in [0.2, 0.25) is 0 Å². The summed E-state index contributed by atoms with van der Waals surface area (Å²) in [4.78, 5) is 76.8. The monoisotopic (exact) mass is 581 g/mol. The highest BCUT2D eigenvalue weighted by molar-refractivity contribution is 9.18. The first-order chi connectivity index (χ1) is 17.9. The van der Waals surface area contributed by atoms with Crippen molar-refractivity contribution in [2.45, 2.75) is 18.1 Å². The number of hydrogen-bond acceptors (Lipinski definition) is 9. The maximum atomic E-state index is 13.8. The molecule has 0 radical (unpaired) electrons. The smallest absolute Gasteiger partial charge is 0.235 e. The molecule has 194 valence electrons. The Bertz CT molecular complexity index is 1510. The third-order valence-electron chi connectivity index (χ3n) is 7.68. The number of phenolic OH excluding ortho intramolecular Hbond substituents is 1. The van der Waals surface area contributed by atoms with Gasteiger partial charge in [-0.1, -0.05) is 36.4 Å². The van der Waals surface area contributed by atoms with Crippen molar-refractivity contribution in [2.24, 2.45) is 29.4 Å². The Morgan fingerprint density at radius 3 is 2.39 bits per heavy atom. The number of carbonyl (C=O) groups excluding carboxylic acids is 6. The number of amides is 1. The summed E-state index contributed by atoms with van der Waals surface area (Å²) in [7, 11) is 0. The molecule has 1 amide bonds. The zero-order valence-corrected chi connectivity index (χ0v) is 21.0. The molecule has 38 heavy (non-hydrogen) atoms. The number of hydrogen-bond donors (Lipinski definition) is 4. The molecule has 11 heteroatoms. The van der Waals surface area contributed by atoms with Crippen LogP contribution in [-0.4, -0.2) is 60.8 Å². The number of carbonyl (C=O) groups is 6. The molecule has 0 aliphatic heterocycles. The van der Waals surface area contributed by atoms with Gasteiger partial charge in [0.25, 0.3) is 0 Å². The lowest BCUT2D eigenvalue weighted by molar-refractivity contribution is -0.185. The summed E-state index contributed by atoms with van der Waals surface area (Å²) in [6.45, 7) is 0. The topological polar surface area (TPSA) is 189 Å². The molecular weight excluding hydrogens is 562 g/mol. The summed E-state index contributed by atoms with van der Waals surface area (Å²) in [6, 6.07) is 10.5. The van der Waals surface area contributed by atoms with Crippen molar-refractivity contribution in [1.82, 2.24) is 0 Å². The van der Waals surface area contributed by atoms with E-state index < -0.39 is 81.3 Å². The van der Waals surface area contributed by atoms with Gasteiger partial charge in [-0.15, -0.1) is 0 Å². The van der Waals surface area contributed by atoms with Gasteiger partial charge in [0.2, 0.25) is 10.6 Å². The first kappa shape index (κ1) is 25.8. The lowest BCUT2D eigenvalue weighted by atomic mass is 9.51. The Morgan fingerprint density at radius 2 is 1.74 bits per heavy atom. The number of Topliss-reactive ketones (excluding diaryl/α,β-unsaturated/α-hetero) is 4. The van der Waals surface area contributed by atoms with E-state index >= 15 is 0 Å². The van der Waals surface area contributed by atoms with E-state index in [9.17, 15) is 44.1 Å². The third-order valence-corrected chi connectivity index (χ3v) is 8.13. The number of aliphatic hydroxyl groups is 2. The van der Waals surface area contributed by atoms with Gasteiger partial charge >= 0.3 is 0 Å². The normalized spacial score (nSPS) is 31.4. The van der Waals surface area contributed by atoms with Crippen LogP contribution in [0.1, 0.15) is 38.3 Å². The number of aromatic hydroxyl groups is 1. The number of fused-ring (bicyclic) bond motifs is 3. The predicted molar refractivity (Wildman–Crippen MR) is 134 cm³/mol. The molecule has 2 fully saturated rings. The highest BCUT2D eigenvalue weighted by Crippen LogP contribution is 2.54. The van der Waals surface area contributed by atoms with Crippen LogP contribution >= 0.6 is 15.9 Å². The highest BCUT2D eigenvalue weighted by atomic mass is 79.9. The van der Waals surface area contributed by atoms with Crippen LogP contribution < -0.4 is 5.73 Å². The Balaban J connectivity index is 1.75. The average molecular weight is 582 g/mol. The van der Waals surface area contributed by atoms with Crippen LogP contribution in [0.25, 0.3) is 11.6 Å². The molecule has 3 aliphatic rings. The molecule has 0 spiro atoms. The second-order valence-electron chi connectivity index (χ2n) is 9.66. The Kier molecular flexibility index (Phi) is 6.05. The molecule has 3 aliphatic carbocycles. The summed E-state index contributed by atoms with van der Waals surface area (Å²) in [5.74, 6) is -13.3. The molecule has 5 rings (SSSR count). The molecule has 2 aromatic rings. The zero-order valence-electron chi connectivity index (χ0n) is 19.5. The van der Waals surface area contributed by atoms with E-state index in [4.69, 9.17) is 5.73 Å². The van der Waals surface area contributed by atoms with Gasteiger partial charge in [-0.05, 0) is 44.8 Å². The van der Waals surface area contributed by atoms with Crippen LogP contribution in [0.5, 0.6) is 5.75 Å². The molecule has 2 saturated carbocycles. The number of benzene rings is 2. The van der Waals surface area contributed by atoms with Crippen molar-refractivity contribution >= 4 is 61.3 Å². The fraction of sp³-hybridized carbons (Fsp3) is 0.259. The van der Waals surface area contributed by atoms with Crippen molar-refractivity contribution in [2.75, 3.05) is 0 Å². The minimum Gasteiger partial charge on any atom is -0.507 e. The first-order valence-corrected chi connectivity index (χ1v) is 12.4. The van der Waals surface area contributed by atoms with Crippen LogP contribution in [-0.2, 0) is 19.2 Å². The number of primary amides is 1. The van der Waals surface area contributed by atoms with Gasteiger partial charge in [-0.2, -0.15) is 0 Å². The lowest BCUT2D eigenvalue weighted by Gasteiger charge is -2.51. The van der Waals surface area contributed by atoms with Crippen molar-refractivity contribution in [3.8, 4) is 5.75 Å². The lowest BCUT2D eigenvalue weighted by Crippen LogP contribution is -2.72. The third kappa shape index (κ3) is 3.53. The van der Waals surface area contributed by atoms with Crippen LogP contribution in [0.3, 0.4) is 0 Å². The Labute approximate surface area is 223 Å². The van der Waals surface area contributed by atoms with E-state index in [1.54, 1.807) is 18.2 Å². The van der Waals surface area contributed by atoms with Crippen LogP contribution in [0.4, 0.5) is 0 Å². The van der Waals surface area contributed by atoms with Gasteiger partial charge in [-0.3, -0.25) is 28.8 Å². The molecule has 2 unspecified atom stereocenters. The molecule has 0 saturated heterocycles. The SMILES string of the molecule is NC(=O)C1C(=O)C[C@@H]2[C@@H](O)[C@@H]3C(=Cc4cccc(C(=O)Br)c4)c4cccc(O)c4C(=O)C3C(=O)[C@]2(O)C1=O. The average Bonchev–Trinajstić information content (AvgIpc) is 2.86. The quantitative estimate of drug-likeness (QED) is 0.300. The first-order valence-electron chi connectivity index (χ1n) is 11.6. The molecule has 6 atom stereocenters. The minimum atomic E-state index is -3.01. The number of halogens is 1. The van der Waals surface area contributed by atoms with E-state index in [0.29, 0.717) is 11.1 Å². The van der Waals surface area contributed by atoms with Crippen LogP contribution in [0.15, 0.2) is 42.5 Å².